The van der Waals surface area contributed by atoms with Gasteiger partial charge >= 0.3 is 5.69 Å². The van der Waals surface area contributed by atoms with Crippen molar-refractivity contribution in [2.75, 3.05) is 16.2 Å². The number of nitrogens with zero attached hydrogens (tertiary/aromatic N) is 1. The molecule has 1 amide bonds. The second-order valence-electron chi connectivity index (χ2n) is 6.28. The highest BCUT2D eigenvalue weighted by molar-refractivity contribution is 9.10. The smallest absolute Gasteiger partial charge is 0.312 e. The molecular weight excluding hydrogens is 436 g/mol. The number of carbonyl (C=O) groups is 1. The summed E-state index contributed by atoms with van der Waals surface area (Å²) in [6.45, 7) is 1.99. The maximum atomic E-state index is 12.9. The van der Waals surface area contributed by atoms with Crippen LogP contribution in [0.2, 0.25) is 0 Å². The number of rotatable bonds is 3. The van der Waals surface area contributed by atoms with Gasteiger partial charge < -0.3 is 14.9 Å². The number of hydrogen-bond acceptors (Lipinski definition) is 4. The molecule has 1 aliphatic heterocycles. The van der Waals surface area contributed by atoms with Crippen molar-refractivity contribution in [1.29, 1.82) is 0 Å². The van der Waals surface area contributed by atoms with Crippen LogP contribution >= 0.6 is 15.9 Å². The molecular formula is C17H15BrN4O4S. The van der Waals surface area contributed by atoms with Gasteiger partial charge in [-0.05, 0) is 58.2 Å². The van der Waals surface area contributed by atoms with Gasteiger partial charge in [-0.2, -0.15) is 0 Å². The van der Waals surface area contributed by atoms with Crippen molar-refractivity contribution in [2.24, 2.45) is 0 Å². The van der Waals surface area contributed by atoms with Gasteiger partial charge in [-0.25, -0.2) is 13.2 Å². The summed E-state index contributed by atoms with van der Waals surface area (Å²) in [7, 11) is -3.91. The summed E-state index contributed by atoms with van der Waals surface area (Å²) in [4.78, 5) is 29.9. The molecule has 10 heteroatoms. The van der Waals surface area contributed by atoms with E-state index in [-0.39, 0.29) is 16.5 Å². The number of carbonyl (C=O) groups excluding carboxylic acids is 1. The fourth-order valence-electron chi connectivity index (χ4n) is 3.23. The van der Waals surface area contributed by atoms with Crippen molar-refractivity contribution in [3.63, 3.8) is 0 Å². The van der Waals surface area contributed by atoms with E-state index in [1.165, 1.54) is 19.1 Å². The van der Waals surface area contributed by atoms with Gasteiger partial charge in [0.15, 0.2) is 0 Å². The molecule has 0 saturated carbocycles. The minimum absolute atomic E-state index is 0.0389. The molecule has 0 aliphatic carbocycles. The molecule has 4 rings (SSSR count). The van der Waals surface area contributed by atoms with Gasteiger partial charge in [0.05, 0.1) is 16.7 Å². The van der Waals surface area contributed by atoms with Gasteiger partial charge in [0.1, 0.15) is 4.90 Å². The quantitative estimate of drug-likeness (QED) is 0.567. The summed E-state index contributed by atoms with van der Waals surface area (Å²) in [5.74, 6) is -0.130. The van der Waals surface area contributed by atoms with Crippen molar-refractivity contribution < 1.29 is 13.2 Å². The number of anilines is 2. The second kappa shape index (κ2) is 6.24. The fourth-order valence-corrected chi connectivity index (χ4v) is 5.39. The second-order valence-corrected chi connectivity index (χ2v) is 8.78. The predicted octanol–water partition coefficient (Wildman–Crippen LogP) is 2.33. The van der Waals surface area contributed by atoms with Gasteiger partial charge in [-0.3, -0.25) is 9.52 Å². The summed E-state index contributed by atoms with van der Waals surface area (Å²) in [5, 5.41) is 0. The maximum absolute atomic E-state index is 12.9. The first kappa shape index (κ1) is 17.8. The van der Waals surface area contributed by atoms with E-state index in [4.69, 9.17) is 0 Å². The number of fused-ring (bicyclic) bond motifs is 2. The van der Waals surface area contributed by atoms with Crippen LogP contribution in [0.1, 0.15) is 12.5 Å². The Morgan fingerprint density at radius 2 is 1.93 bits per heavy atom. The summed E-state index contributed by atoms with van der Waals surface area (Å²) in [6, 6.07) is 7.95. The van der Waals surface area contributed by atoms with Crippen molar-refractivity contribution in [3.8, 4) is 0 Å². The lowest BCUT2D eigenvalue weighted by Crippen LogP contribution is -2.26. The molecule has 0 fully saturated rings. The standard InChI is InChI=1S/C17H15BrN4O4S/c1-9(23)22-5-4-10-6-12(18)16(8-15(10)22)27(25,26)21-11-2-3-13-14(7-11)20-17(24)19-13/h2-3,6-8,21H,4-5H2,1H3,(H2,19,20,24). The number of hydrogen-bond donors (Lipinski definition) is 3. The number of H-pyrrole nitrogens is 2. The lowest BCUT2D eigenvalue weighted by molar-refractivity contribution is -0.116. The molecule has 0 spiro atoms. The molecule has 3 aromatic rings. The Hall–Kier alpha value is -2.59. The van der Waals surface area contributed by atoms with Crippen molar-refractivity contribution in [1.82, 2.24) is 9.97 Å². The predicted molar refractivity (Wildman–Crippen MR) is 106 cm³/mol. The molecule has 8 nitrogen and oxygen atoms in total. The molecule has 1 aliphatic rings. The number of aromatic amines is 2. The topological polar surface area (TPSA) is 115 Å². The van der Waals surface area contributed by atoms with Crippen LogP contribution in [-0.4, -0.2) is 30.8 Å². The Labute approximate surface area is 162 Å². The highest BCUT2D eigenvalue weighted by Gasteiger charge is 2.27. The number of aromatic nitrogens is 2. The number of amides is 1. The van der Waals surface area contributed by atoms with Crippen LogP contribution in [0.4, 0.5) is 11.4 Å². The minimum atomic E-state index is -3.91. The lowest BCUT2D eigenvalue weighted by Gasteiger charge is -2.17. The molecule has 0 atom stereocenters. The third-order valence-corrected chi connectivity index (χ3v) is 6.81. The van der Waals surface area contributed by atoms with Crippen LogP contribution in [0, 0.1) is 0 Å². The zero-order valence-electron chi connectivity index (χ0n) is 14.2. The first-order chi connectivity index (χ1) is 12.7. The van der Waals surface area contributed by atoms with E-state index in [9.17, 15) is 18.0 Å². The van der Waals surface area contributed by atoms with Crippen molar-refractivity contribution >= 4 is 54.3 Å². The molecule has 3 N–H and O–H groups in total. The van der Waals surface area contributed by atoms with Gasteiger partial charge in [-0.1, -0.05) is 0 Å². The maximum Gasteiger partial charge on any atom is 0.323 e. The Morgan fingerprint density at radius 3 is 2.67 bits per heavy atom. The van der Waals surface area contributed by atoms with Crippen LogP contribution in [0.5, 0.6) is 0 Å². The number of benzene rings is 2. The molecule has 140 valence electrons. The Kier molecular flexibility index (Phi) is 4.11. The number of halogens is 1. The van der Waals surface area contributed by atoms with Crippen LogP contribution in [0.3, 0.4) is 0 Å². The molecule has 0 unspecified atom stereocenters. The third-order valence-electron chi connectivity index (χ3n) is 4.47. The van der Waals surface area contributed by atoms with Gasteiger partial charge in [0.2, 0.25) is 5.91 Å². The first-order valence-corrected chi connectivity index (χ1v) is 10.4. The summed E-state index contributed by atoms with van der Waals surface area (Å²) >= 11 is 3.32. The number of imidazole rings is 1. The Balaban J connectivity index is 1.74. The van der Waals surface area contributed by atoms with Crippen molar-refractivity contribution in [2.45, 2.75) is 18.2 Å². The summed E-state index contributed by atoms with van der Waals surface area (Å²) < 4.78 is 28.8. The highest BCUT2D eigenvalue weighted by Crippen LogP contribution is 2.36. The van der Waals surface area contributed by atoms with Crippen molar-refractivity contribution in [3.05, 3.63) is 50.9 Å². The van der Waals surface area contributed by atoms with E-state index in [1.54, 1.807) is 23.1 Å². The molecule has 2 heterocycles. The van der Waals surface area contributed by atoms with Crippen LogP contribution in [-0.2, 0) is 21.2 Å². The largest absolute Gasteiger partial charge is 0.323 e. The molecule has 0 radical (unpaired) electrons. The molecule has 0 saturated heterocycles. The van der Waals surface area contributed by atoms with E-state index in [2.05, 4.69) is 30.6 Å². The van der Waals surface area contributed by atoms with Crippen LogP contribution in [0.15, 0.2) is 44.5 Å². The van der Waals surface area contributed by atoms with E-state index < -0.39 is 10.0 Å². The number of nitrogens with one attached hydrogen (secondary N) is 3. The van der Waals surface area contributed by atoms with E-state index in [1.807, 2.05) is 0 Å². The summed E-state index contributed by atoms with van der Waals surface area (Å²) in [6.07, 6.45) is 0.679. The highest BCUT2D eigenvalue weighted by atomic mass is 79.9. The lowest BCUT2D eigenvalue weighted by atomic mass is 10.2. The SMILES string of the molecule is CC(=O)N1CCc2cc(Br)c(S(=O)(=O)Nc3ccc4[nH]c(=O)[nH]c4c3)cc21. The zero-order valence-corrected chi connectivity index (χ0v) is 16.6. The van der Waals surface area contributed by atoms with E-state index >= 15 is 0 Å². The summed E-state index contributed by atoms with van der Waals surface area (Å²) in [5.41, 5.74) is 2.55. The molecule has 0 bridgehead atoms. The Bertz CT molecular complexity index is 1250. The van der Waals surface area contributed by atoms with Gasteiger partial charge in [-0.15, -0.1) is 0 Å². The normalized spacial score (nSPS) is 13.8. The monoisotopic (exact) mass is 450 g/mol. The first-order valence-electron chi connectivity index (χ1n) is 8.10. The van der Waals surface area contributed by atoms with E-state index in [0.717, 1.165) is 5.56 Å². The fraction of sp³-hybridized carbons (Fsp3) is 0.176. The van der Waals surface area contributed by atoms with Crippen LogP contribution in [0.25, 0.3) is 11.0 Å². The molecule has 2 aromatic carbocycles. The average molecular weight is 451 g/mol. The molecule has 27 heavy (non-hydrogen) atoms. The van der Waals surface area contributed by atoms with Crippen LogP contribution < -0.4 is 15.3 Å². The molecule has 1 aromatic heterocycles. The van der Waals surface area contributed by atoms with E-state index in [0.29, 0.717) is 39.8 Å². The zero-order chi connectivity index (χ0) is 19.3. The minimum Gasteiger partial charge on any atom is -0.312 e. The van der Waals surface area contributed by atoms with Gasteiger partial charge in [0.25, 0.3) is 10.0 Å². The third kappa shape index (κ3) is 3.15. The number of sulfonamides is 1. The van der Waals surface area contributed by atoms with Gasteiger partial charge in [0, 0.05) is 23.6 Å². The Morgan fingerprint density at radius 1 is 1.19 bits per heavy atom. The average Bonchev–Trinajstić information content (AvgIpc) is 3.15.